The topological polar surface area (TPSA) is 29.3 Å². The molecule has 0 aromatic heterocycles. The Bertz CT molecular complexity index is 455. The van der Waals surface area contributed by atoms with Gasteiger partial charge in [0.15, 0.2) is 17.5 Å². The minimum atomic E-state index is -1.40. The molecule has 2 unspecified atom stereocenters. The van der Waals surface area contributed by atoms with Crippen molar-refractivity contribution in [3.05, 3.63) is 29.6 Å². The third-order valence-corrected chi connectivity index (χ3v) is 4.28. The van der Waals surface area contributed by atoms with Crippen molar-refractivity contribution in [1.29, 1.82) is 0 Å². The van der Waals surface area contributed by atoms with Crippen molar-refractivity contribution in [3.8, 4) is 0 Å². The van der Waals surface area contributed by atoms with Gasteiger partial charge in [0.05, 0.1) is 0 Å². The highest BCUT2D eigenvalue weighted by atomic mass is 19.2. The zero-order valence-corrected chi connectivity index (χ0v) is 10.6. The highest BCUT2D eigenvalue weighted by Crippen LogP contribution is 2.38. The molecular weight excluding hydrogens is 253 g/mol. The number of hydrogen-bond donors (Lipinski definition) is 1. The molecular formula is C14H17F3N2. The Hall–Kier alpha value is -1.23. The van der Waals surface area contributed by atoms with Crippen molar-refractivity contribution >= 4 is 5.69 Å². The number of anilines is 1. The third kappa shape index (κ3) is 2.20. The summed E-state index contributed by atoms with van der Waals surface area (Å²) in [6.07, 6.45) is 4.73. The maximum Gasteiger partial charge on any atom is 0.194 e. The van der Waals surface area contributed by atoms with Gasteiger partial charge in [-0.05, 0) is 32.1 Å². The number of hydrogen-bond acceptors (Lipinski definition) is 2. The molecule has 0 spiro atoms. The first-order valence-corrected chi connectivity index (χ1v) is 6.74. The van der Waals surface area contributed by atoms with Gasteiger partial charge in [0.2, 0.25) is 0 Å². The van der Waals surface area contributed by atoms with E-state index in [0.717, 1.165) is 44.2 Å². The van der Waals surface area contributed by atoms with Crippen LogP contribution in [0.3, 0.4) is 0 Å². The van der Waals surface area contributed by atoms with E-state index in [2.05, 4.69) is 0 Å². The van der Waals surface area contributed by atoms with Crippen LogP contribution in [-0.2, 0) is 0 Å². The van der Waals surface area contributed by atoms with Crippen LogP contribution < -0.4 is 10.6 Å². The van der Waals surface area contributed by atoms with Gasteiger partial charge in [0.1, 0.15) is 0 Å². The SMILES string of the molecule is NC1CC2CCCC(C1)N2c1cc(F)c(F)c(F)c1. The molecule has 19 heavy (non-hydrogen) atoms. The quantitative estimate of drug-likeness (QED) is 0.795. The molecule has 2 fully saturated rings. The molecule has 104 valence electrons. The lowest BCUT2D eigenvalue weighted by Gasteiger charge is -2.49. The maximum atomic E-state index is 13.4. The lowest BCUT2D eigenvalue weighted by Crippen LogP contribution is -2.55. The van der Waals surface area contributed by atoms with Crippen molar-refractivity contribution < 1.29 is 13.2 Å². The standard InChI is InChI=1S/C14H17F3N2/c15-12-6-11(7-13(16)14(12)17)19-9-2-1-3-10(19)5-8(18)4-9/h6-10H,1-5,18H2. The predicted molar refractivity (Wildman–Crippen MR) is 67.4 cm³/mol. The second-order valence-corrected chi connectivity index (χ2v) is 5.60. The van der Waals surface area contributed by atoms with Crippen LogP contribution in [-0.4, -0.2) is 18.1 Å². The van der Waals surface area contributed by atoms with E-state index in [9.17, 15) is 13.2 Å². The zero-order valence-electron chi connectivity index (χ0n) is 10.6. The van der Waals surface area contributed by atoms with Crippen molar-refractivity contribution in [3.63, 3.8) is 0 Å². The predicted octanol–water partition coefficient (Wildman–Crippen LogP) is 2.95. The fourth-order valence-corrected chi connectivity index (χ4v) is 3.54. The summed E-state index contributed by atoms with van der Waals surface area (Å²) >= 11 is 0. The number of nitrogens with zero attached hydrogens (tertiary/aromatic N) is 1. The molecule has 1 aromatic carbocycles. The monoisotopic (exact) mass is 270 g/mol. The van der Waals surface area contributed by atoms with E-state index in [1.165, 1.54) is 0 Å². The van der Waals surface area contributed by atoms with Gasteiger partial charge in [-0.2, -0.15) is 0 Å². The zero-order chi connectivity index (χ0) is 13.6. The summed E-state index contributed by atoms with van der Waals surface area (Å²) in [6, 6.07) is 2.78. The second-order valence-electron chi connectivity index (χ2n) is 5.60. The molecule has 3 rings (SSSR count). The van der Waals surface area contributed by atoms with E-state index in [0.29, 0.717) is 5.69 Å². The van der Waals surface area contributed by atoms with Crippen molar-refractivity contribution in [2.24, 2.45) is 5.73 Å². The van der Waals surface area contributed by atoms with E-state index in [-0.39, 0.29) is 18.1 Å². The number of halogens is 3. The van der Waals surface area contributed by atoms with Crippen LogP contribution in [0, 0.1) is 17.5 Å². The van der Waals surface area contributed by atoms with Crippen LogP contribution >= 0.6 is 0 Å². The molecule has 1 aromatic rings. The van der Waals surface area contributed by atoms with Gasteiger partial charge >= 0.3 is 0 Å². The Balaban J connectivity index is 1.97. The Morgan fingerprint density at radius 2 is 1.53 bits per heavy atom. The first-order valence-electron chi connectivity index (χ1n) is 6.74. The van der Waals surface area contributed by atoms with Crippen molar-refractivity contribution in [2.45, 2.75) is 50.2 Å². The summed E-state index contributed by atoms with van der Waals surface area (Å²) in [7, 11) is 0. The fraction of sp³-hybridized carbons (Fsp3) is 0.571. The molecule has 2 aliphatic rings. The molecule has 5 heteroatoms. The van der Waals surface area contributed by atoms with E-state index in [4.69, 9.17) is 5.73 Å². The molecule has 2 heterocycles. The van der Waals surface area contributed by atoms with Crippen LogP contribution in [0.1, 0.15) is 32.1 Å². The number of benzene rings is 1. The molecule has 2 bridgehead atoms. The summed E-state index contributed by atoms with van der Waals surface area (Å²) in [5.74, 6) is -3.64. The fourth-order valence-electron chi connectivity index (χ4n) is 3.54. The molecule has 2 nitrogen and oxygen atoms in total. The molecule has 2 saturated heterocycles. The van der Waals surface area contributed by atoms with E-state index >= 15 is 0 Å². The van der Waals surface area contributed by atoms with Crippen molar-refractivity contribution in [1.82, 2.24) is 0 Å². The third-order valence-electron chi connectivity index (χ3n) is 4.28. The maximum absolute atomic E-state index is 13.4. The van der Waals surface area contributed by atoms with Gasteiger partial charge in [0.25, 0.3) is 0 Å². The Morgan fingerprint density at radius 3 is 2.05 bits per heavy atom. The van der Waals surface area contributed by atoms with Gasteiger partial charge in [-0.15, -0.1) is 0 Å². The van der Waals surface area contributed by atoms with Crippen LogP contribution in [0.5, 0.6) is 0 Å². The number of fused-ring (bicyclic) bond motifs is 2. The molecule has 0 saturated carbocycles. The number of nitrogens with two attached hydrogens (primary N) is 1. The van der Waals surface area contributed by atoms with E-state index in [1.54, 1.807) is 0 Å². The van der Waals surface area contributed by atoms with E-state index < -0.39 is 17.5 Å². The minimum absolute atomic E-state index is 0.154. The Labute approximate surface area is 110 Å². The summed E-state index contributed by atoms with van der Waals surface area (Å²) in [6.45, 7) is 0. The number of piperidine rings is 2. The van der Waals surface area contributed by atoms with Crippen LogP contribution in [0.4, 0.5) is 18.9 Å². The first-order chi connectivity index (χ1) is 9.06. The molecule has 2 N–H and O–H groups in total. The Kier molecular flexibility index (Phi) is 3.17. The summed E-state index contributed by atoms with van der Waals surface area (Å²) in [4.78, 5) is 2.04. The lowest BCUT2D eigenvalue weighted by atomic mass is 9.81. The molecule has 0 radical (unpaired) electrons. The summed E-state index contributed by atoms with van der Waals surface area (Å²) in [5.41, 5.74) is 6.46. The Morgan fingerprint density at radius 1 is 1.00 bits per heavy atom. The molecule has 0 aliphatic carbocycles. The summed E-state index contributed by atoms with van der Waals surface area (Å²) < 4.78 is 39.8. The van der Waals surface area contributed by atoms with Crippen LogP contribution in [0.15, 0.2) is 12.1 Å². The molecule has 0 amide bonds. The van der Waals surface area contributed by atoms with Gasteiger partial charge in [0, 0.05) is 35.9 Å². The highest BCUT2D eigenvalue weighted by molar-refractivity contribution is 5.50. The molecule has 2 atom stereocenters. The van der Waals surface area contributed by atoms with Crippen LogP contribution in [0.25, 0.3) is 0 Å². The van der Waals surface area contributed by atoms with Gasteiger partial charge in [-0.25, -0.2) is 13.2 Å². The van der Waals surface area contributed by atoms with Gasteiger partial charge in [-0.3, -0.25) is 0 Å². The van der Waals surface area contributed by atoms with Gasteiger partial charge in [-0.1, -0.05) is 0 Å². The average Bonchev–Trinajstić information content (AvgIpc) is 2.34. The van der Waals surface area contributed by atoms with Gasteiger partial charge < -0.3 is 10.6 Å². The highest BCUT2D eigenvalue weighted by Gasteiger charge is 2.37. The minimum Gasteiger partial charge on any atom is -0.365 e. The number of rotatable bonds is 1. The van der Waals surface area contributed by atoms with E-state index in [1.807, 2.05) is 4.90 Å². The largest absolute Gasteiger partial charge is 0.365 e. The molecule has 2 aliphatic heterocycles. The lowest BCUT2D eigenvalue weighted by molar-refractivity contribution is 0.270. The smallest absolute Gasteiger partial charge is 0.194 e. The second kappa shape index (κ2) is 4.71. The first kappa shape index (κ1) is 12.8. The normalized spacial score (nSPS) is 30.5. The summed E-state index contributed by atoms with van der Waals surface area (Å²) in [5, 5.41) is 0. The average molecular weight is 270 g/mol. The van der Waals surface area contributed by atoms with Crippen LogP contribution in [0.2, 0.25) is 0 Å². The van der Waals surface area contributed by atoms with Crippen molar-refractivity contribution in [2.75, 3.05) is 4.90 Å².